The molecular weight excluding hydrogens is 516 g/mol. The predicted octanol–water partition coefficient (Wildman–Crippen LogP) is 9.96. The first-order chi connectivity index (χ1) is 20.0. The second-order valence-corrected chi connectivity index (χ2v) is 11.4. The summed E-state index contributed by atoms with van der Waals surface area (Å²) in [6.07, 6.45) is 28.0. The molecule has 1 atom stereocenters. The fraction of sp³-hybridized carbons (Fsp3) is 0.857. The molecule has 0 spiro atoms. The van der Waals surface area contributed by atoms with E-state index in [-0.39, 0.29) is 31.1 Å². The Hall–Kier alpha value is -1.85. The van der Waals surface area contributed by atoms with Gasteiger partial charge >= 0.3 is 17.9 Å². The summed E-state index contributed by atoms with van der Waals surface area (Å²) >= 11 is 0. The van der Waals surface area contributed by atoms with Crippen molar-refractivity contribution in [3.05, 3.63) is 12.2 Å². The lowest BCUT2D eigenvalue weighted by molar-refractivity contribution is -0.167. The molecule has 0 aromatic rings. The Balaban J connectivity index is 4.31. The molecule has 0 aliphatic rings. The zero-order chi connectivity index (χ0) is 30.2. The van der Waals surface area contributed by atoms with Crippen LogP contribution >= 0.6 is 0 Å². The maximum absolute atomic E-state index is 12.4. The van der Waals surface area contributed by atoms with E-state index >= 15 is 0 Å². The zero-order valence-corrected chi connectivity index (χ0v) is 27.1. The van der Waals surface area contributed by atoms with Crippen molar-refractivity contribution < 1.29 is 28.6 Å². The Morgan fingerprint density at radius 3 is 1.29 bits per heavy atom. The van der Waals surface area contributed by atoms with E-state index in [1.165, 1.54) is 64.2 Å². The normalized spacial score (nSPS) is 12.0. The number of allylic oxidation sites excluding steroid dienone is 2. The van der Waals surface area contributed by atoms with E-state index in [2.05, 4.69) is 32.9 Å². The second kappa shape index (κ2) is 31.1. The number of ether oxygens (including phenoxy) is 3. The van der Waals surface area contributed by atoms with Crippen LogP contribution < -0.4 is 0 Å². The number of unbranched alkanes of at least 4 members (excludes halogenated alkanes) is 17. The minimum Gasteiger partial charge on any atom is -0.462 e. The van der Waals surface area contributed by atoms with Gasteiger partial charge < -0.3 is 14.2 Å². The van der Waals surface area contributed by atoms with Gasteiger partial charge in [0, 0.05) is 19.3 Å². The third kappa shape index (κ3) is 29.4. The molecule has 41 heavy (non-hydrogen) atoms. The number of hydrogen-bond donors (Lipinski definition) is 0. The van der Waals surface area contributed by atoms with Crippen LogP contribution in [0.5, 0.6) is 0 Å². The molecule has 0 saturated heterocycles. The van der Waals surface area contributed by atoms with Gasteiger partial charge in [-0.15, -0.1) is 0 Å². The number of rotatable bonds is 30. The minimum absolute atomic E-state index is 0.0727. The van der Waals surface area contributed by atoms with Crippen molar-refractivity contribution in [1.29, 1.82) is 0 Å². The van der Waals surface area contributed by atoms with Crippen LogP contribution in [0.15, 0.2) is 12.2 Å². The lowest BCUT2D eigenvalue weighted by Gasteiger charge is -2.18. The standard InChI is InChI=1S/C35H64O6/c1-4-7-10-13-15-16-17-18-20-22-25-28-34(37)40-31-32(30-39-33(36)27-24-21-12-9-6-3)41-35(38)29-26-23-19-14-11-8-5-2/h13,15,32H,4-12,14,16-31H2,1-3H3/b15-13-. The molecule has 0 rings (SSSR count). The summed E-state index contributed by atoms with van der Waals surface area (Å²) in [6.45, 7) is 6.42. The maximum atomic E-state index is 12.4. The Morgan fingerprint density at radius 2 is 0.829 bits per heavy atom. The van der Waals surface area contributed by atoms with Crippen LogP contribution in [0.25, 0.3) is 0 Å². The van der Waals surface area contributed by atoms with E-state index < -0.39 is 6.10 Å². The molecule has 0 aliphatic carbocycles. The van der Waals surface area contributed by atoms with Crippen LogP contribution in [0.3, 0.4) is 0 Å². The van der Waals surface area contributed by atoms with Crippen LogP contribution in [-0.4, -0.2) is 37.2 Å². The van der Waals surface area contributed by atoms with Crippen molar-refractivity contribution in [1.82, 2.24) is 0 Å². The van der Waals surface area contributed by atoms with E-state index in [9.17, 15) is 14.4 Å². The largest absolute Gasteiger partial charge is 0.462 e. The zero-order valence-electron chi connectivity index (χ0n) is 27.1. The lowest BCUT2D eigenvalue weighted by atomic mass is 10.1. The van der Waals surface area contributed by atoms with E-state index in [1.54, 1.807) is 0 Å². The predicted molar refractivity (Wildman–Crippen MR) is 169 cm³/mol. The highest BCUT2D eigenvalue weighted by Crippen LogP contribution is 2.12. The Morgan fingerprint density at radius 1 is 0.463 bits per heavy atom. The van der Waals surface area contributed by atoms with Gasteiger partial charge in [0.15, 0.2) is 6.10 Å². The van der Waals surface area contributed by atoms with Crippen molar-refractivity contribution in [2.45, 2.75) is 181 Å². The third-order valence-corrected chi connectivity index (χ3v) is 7.27. The lowest BCUT2D eigenvalue weighted by Crippen LogP contribution is -2.30. The van der Waals surface area contributed by atoms with Crippen LogP contribution in [0.2, 0.25) is 0 Å². The average Bonchev–Trinajstić information content (AvgIpc) is 2.96. The van der Waals surface area contributed by atoms with Gasteiger partial charge in [0.1, 0.15) is 13.2 Å². The molecule has 0 N–H and O–H groups in total. The molecule has 0 aliphatic heterocycles. The van der Waals surface area contributed by atoms with Crippen LogP contribution in [0.4, 0.5) is 0 Å². The molecule has 6 heteroatoms. The first-order valence-electron chi connectivity index (χ1n) is 17.2. The highest BCUT2D eigenvalue weighted by atomic mass is 16.6. The van der Waals surface area contributed by atoms with E-state index in [1.807, 2.05) is 0 Å². The minimum atomic E-state index is -0.759. The molecule has 1 unspecified atom stereocenters. The van der Waals surface area contributed by atoms with E-state index in [0.29, 0.717) is 19.3 Å². The quantitative estimate of drug-likeness (QED) is 0.0364. The van der Waals surface area contributed by atoms with E-state index in [4.69, 9.17) is 14.2 Å². The summed E-state index contributed by atoms with van der Waals surface area (Å²) in [4.78, 5) is 36.9. The summed E-state index contributed by atoms with van der Waals surface area (Å²) in [6, 6.07) is 0. The molecule has 0 aromatic carbocycles. The Labute approximate surface area is 252 Å². The topological polar surface area (TPSA) is 78.9 Å². The van der Waals surface area contributed by atoms with Crippen molar-refractivity contribution >= 4 is 17.9 Å². The number of carbonyl (C=O) groups is 3. The van der Waals surface area contributed by atoms with Gasteiger partial charge in [-0.25, -0.2) is 0 Å². The summed E-state index contributed by atoms with van der Waals surface area (Å²) < 4.78 is 16.4. The number of esters is 3. The fourth-order valence-electron chi connectivity index (χ4n) is 4.60. The van der Waals surface area contributed by atoms with Gasteiger partial charge in [-0.1, -0.05) is 129 Å². The van der Waals surface area contributed by atoms with Crippen molar-refractivity contribution in [3.8, 4) is 0 Å². The smallest absolute Gasteiger partial charge is 0.306 e. The SMILES string of the molecule is CCCC/C=C\CCCCCCCC(=O)OCC(COC(=O)CCCCCCC)OC(=O)CCCCCCCCC. The second-order valence-electron chi connectivity index (χ2n) is 11.4. The molecule has 0 aromatic heterocycles. The first-order valence-corrected chi connectivity index (χ1v) is 17.2. The molecule has 0 heterocycles. The monoisotopic (exact) mass is 580 g/mol. The summed E-state index contributed by atoms with van der Waals surface area (Å²) in [7, 11) is 0. The third-order valence-electron chi connectivity index (χ3n) is 7.27. The van der Waals surface area contributed by atoms with Gasteiger partial charge in [0.05, 0.1) is 0 Å². The first kappa shape index (κ1) is 39.1. The average molecular weight is 581 g/mol. The molecular formula is C35H64O6. The van der Waals surface area contributed by atoms with Gasteiger partial charge in [0.2, 0.25) is 0 Å². The van der Waals surface area contributed by atoms with Gasteiger partial charge in [-0.05, 0) is 38.5 Å². The van der Waals surface area contributed by atoms with E-state index in [0.717, 1.165) is 70.6 Å². The highest BCUT2D eigenvalue weighted by molar-refractivity contribution is 5.71. The summed E-state index contributed by atoms with van der Waals surface area (Å²) in [5.41, 5.74) is 0. The van der Waals surface area contributed by atoms with Gasteiger partial charge in [-0.3, -0.25) is 14.4 Å². The fourth-order valence-corrected chi connectivity index (χ4v) is 4.60. The number of carbonyl (C=O) groups excluding carboxylic acids is 3. The molecule has 0 fully saturated rings. The molecule has 0 radical (unpaired) electrons. The number of hydrogen-bond acceptors (Lipinski definition) is 6. The van der Waals surface area contributed by atoms with Crippen molar-refractivity contribution in [2.24, 2.45) is 0 Å². The molecule has 240 valence electrons. The Bertz CT molecular complexity index is 645. The van der Waals surface area contributed by atoms with Crippen molar-refractivity contribution in [3.63, 3.8) is 0 Å². The van der Waals surface area contributed by atoms with Gasteiger partial charge in [0.25, 0.3) is 0 Å². The summed E-state index contributed by atoms with van der Waals surface area (Å²) in [5.74, 6) is -0.910. The highest BCUT2D eigenvalue weighted by Gasteiger charge is 2.19. The molecule has 6 nitrogen and oxygen atoms in total. The van der Waals surface area contributed by atoms with Crippen LogP contribution in [0.1, 0.15) is 175 Å². The Kier molecular flexibility index (Phi) is 29.7. The van der Waals surface area contributed by atoms with Crippen LogP contribution in [-0.2, 0) is 28.6 Å². The molecule has 0 saturated carbocycles. The van der Waals surface area contributed by atoms with Crippen LogP contribution in [0, 0.1) is 0 Å². The van der Waals surface area contributed by atoms with Gasteiger partial charge in [-0.2, -0.15) is 0 Å². The molecule has 0 bridgehead atoms. The van der Waals surface area contributed by atoms with Crippen molar-refractivity contribution in [2.75, 3.05) is 13.2 Å². The maximum Gasteiger partial charge on any atom is 0.306 e. The molecule has 0 amide bonds. The summed E-state index contributed by atoms with van der Waals surface area (Å²) in [5, 5.41) is 0.